The van der Waals surface area contributed by atoms with E-state index in [9.17, 15) is 8.42 Å². The zero-order valence-electron chi connectivity index (χ0n) is 17.3. The summed E-state index contributed by atoms with van der Waals surface area (Å²) in [6.45, 7) is 4.30. The Morgan fingerprint density at radius 3 is 2.57 bits per heavy atom. The van der Waals surface area contributed by atoms with Crippen LogP contribution in [0.25, 0.3) is 0 Å². The zero-order chi connectivity index (χ0) is 21.6. The Balaban J connectivity index is 1.62. The van der Waals surface area contributed by atoms with Crippen LogP contribution in [0.1, 0.15) is 16.7 Å². The van der Waals surface area contributed by atoms with Crippen LogP contribution in [-0.2, 0) is 32.7 Å². The number of rotatable bonds is 8. The average Bonchev–Trinajstić information content (AvgIpc) is 2.74. The first kappa shape index (κ1) is 22.2. The second-order valence-corrected chi connectivity index (χ2v) is 9.43. The molecule has 2 aromatic carbocycles. The van der Waals surface area contributed by atoms with E-state index in [1.807, 2.05) is 18.2 Å². The van der Waals surface area contributed by atoms with Crippen LogP contribution in [0.15, 0.2) is 58.6 Å². The van der Waals surface area contributed by atoms with E-state index in [0.717, 1.165) is 44.0 Å². The molecule has 162 valence electrons. The summed E-state index contributed by atoms with van der Waals surface area (Å²) >= 11 is 0. The number of hydrogen-bond acceptors (Lipinski definition) is 6. The van der Waals surface area contributed by atoms with Crippen molar-refractivity contribution in [3.8, 4) is 0 Å². The van der Waals surface area contributed by atoms with Gasteiger partial charge >= 0.3 is 0 Å². The van der Waals surface area contributed by atoms with Crippen molar-refractivity contribution in [3.63, 3.8) is 0 Å². The predicted molar refractivity (Wildman–Crippen MR) is 115 cm³/mol. The number of amidine groups is 1. The number of hydrogen-bond donors (Lipinski definition) is 1. The van der Waals surface area contributed by atoms with Crippen molar-refractivity contribution in [2.24, 2.45) is 10.9 Å². The van der Waals surface area contributed by atoms with Gasteiger partial charge in [0.05, 0.1) is 18.1 Å². The van der Waals surface area contributed by atoms with Crippen molar-refractivity contribution in [3.05, 3.63) is 65.2 Å². The minimum absolute atomic E-state index is 0.116. The molecule has 0 aliphatic carbocycles. The minimum atomic E-state index is -3.50. The summed E-state index contributed by atoms with van der Waals surface area (Å²) in [7, 11) is -0.502. The molecule has 1 aliphatic heterocycles. The SMILES string of the molecule is CN(C)S(=O)(=O)c1cccc(CO/N=C(/N)c2cccc(CN3CCOCC3)c2)c1. The third-order valence-corrected chi connectivity index (χ3v) is 6.61. The second kappa shape index (κ2) is 10.0. The normalized spacial score (nSPS) is 16.0. The van der Waals surface area contributed by atoms with E-state index in [0.29, 0.717) is 5.56 Å². The van der Waals surface area contributed by atoms with Crippen LogP contribution in [0, 0.1) is 0 Å². The molecule has 1 fully saturated rings. The number of oxime groups is 1. The number of morpholine rings is 1. The first-order chi connectivity index (χ1) is 14.4. The first-order valence-corrected chi connectivity index (χ1v) is 11.2. The molecule has 0 bridgehead atoms. The van der Waals surface area contributed by atoms with Gasteiger partial charge < -0.3 is 15.3 Å². The van der Waals surface area contributed by atoms with Crippen LogP contribution in [0.5, 0.6) is 0 Å². The van der Waals surface area contributed by atoms with Gasteiger partial charge in [0.15, 0.2) is 5.84 Å². The van der Waals surface area contributed by atoms with Gasteiger partial charge in [-0.15, -0.1) is 0 Å². The van der Waals surface area contributed by atoms with Crippen molar-refractivity contribution in [2.75, 3.05) is 40.4 Å². The van der Waals surface area contributed by atoms with Gasteiger partial charge in [-0.25, -0.2) is 12.7 Å². The van der Waals surface area contributed by atoms with Crippen LogP contribution >= 0.6 is 0 Å². The molecular formula is C21H28N4O4S. The fraction of sp³-hybridized carbons (Fsp3) is 0.381. The van der Waals surface area contributed by atoms with E-state index < -0.39 is 10.0 Å². The average molecular weight is 433 g/mol. The summed E-state index contributed by atoms with van der Waals surface area (Å²) in [5, 5.41) is 4.01. The Hall–Kier alpha value is -2.46. The molecule has 0 radical (unpaired) electrons. The zero-order valence-corrected chi connectivity index (χ0v) is 18.1. The van der Waals surface area contributed by atoms with E-state index in [1.165, 1.54) is 18.4 Å². The minimum Gasteiger partial charge on any atom is -0.389 e. The Bertz CT molecular complexity index is 986. The van der Waals surface area contributed by atoms with Crippen molar-refractivity contribution < 1.29 is 18.0 Å². The van der Waals surface area contributed by atoms with Crippen LogP contribution in [0.4, 0.5) is 0 Å². The fourth-order valence-corrected chi connectivity index (χ4v) is 4.05. The number of sulfonamides is 1. The van der Waals surface area contributed by atoms with Crippen LogP contribution < -0.4 is 5.73 Å². The van der Waals surface area contributed by atoms with Crippen LogP contribution in [0.2, 0.25) is 0 Å². The van der Waals surface area contributed by atoms with Crippen molar-refractivity contribution in [1.29, 1.82) is 0 Å². The number of nitrogens with zero attached hydrogens (tertiary/aromatic N) is 3. The summed E-state index contributed by atoms with van der Waals surface area (Å²) in [6, 6.07) is 14.5. The van der Waals surface area contributed by atoms with E-state index in [4.69, 9.17) is 15.3 Å². The number of ether oxygens (including phenoxy) is 1. The van der Waals surface area contributed by atoms with Gasteiger partial charge in [0.2, 0.25) is 10.0 Å². The van der Waals surface area contributed by atoms with Crippen molar-refractivity contribution in [1.82, 2.24) is 9.21 Å². The lowest BCUT2D eigenvalue weighted by molar-refractivity contribution is 0.0342. The Morgan fingerprint density at radius 1 is 1.13 bits per heavy atom. The van der Waals surface area contributed by atoms with E-state index >= 15 is 0 Å². The number of benzene rings is 2. The molecule has 3 rings (SSSR count). The molecule has 1 heterocycles. The van der Waals surface area contributed by atoms with Crippen LogP contribution in [0.3, 0.4) is 0 Å². The van der Waals surface area contributed by atoms with E-state index in [1.54, 1.807) is 24.3 Å². The van der Waals surface area contributed by atoms with Crippen LogP contribution in [-0.4, -0.2) is 63.9 Å². The molecule has 2 N–H and O–H groups in total. The van der Waals surface area contributed by atoms with Gasteiger partial charge in [-0.1, -0.05) is 35.5 Å². The lowest BCUT2D eigenvalue weighted by Crippen LogP contribution is -2.35. The topological polar surface area (TPSA) is 97.5 Å². The fourth-order valence-electron chi connectivity index (χ4n) is 3.08. The summed E-state index contributed by atoms with van der Waals surface area (Å²) in [5.41, 5.74) is 8.71. The highest BCUT2D eigenvalue weighted by molar-refractivity contribution is 7.89. The smallest absolute Gasteiger partial charge is 0.242 e. The highest BCUT2D eigenvalue weighted by atomic mass is 32.2. The Kier molecular flexibility index (Phi) is 7.43. The molecule has 0 aromatic heterocycles. The molecule has 0 saturated carbocycles. The summed E-state index contributed by atoms with van der Waals surface area (Å²) in [4.78, 5) is 7.93. The van der Waals surface area contributed by atoms with Gasteiger partial charge in [-0.2, -0.15) is 0 Å². The highest BCUT2D eigenvalue weighted by Crippen LogP contribution is 2.16. The molecular weight excluding hydrogens is 404 g/mol. The highest BCUT2D eigenvalue weighted by Gasteiger charge is 2.17. The third-order valence-electron chi connectivity index (χ3n) is 4.80. The summed E-state index contributed by atoms with van der Waals surface area (Å²) in [5.74, 6) is 0.274. The maximum atomic E-state index is 12.3. The summed E-state index contributed by atoms with van der Waals surface area (Å²) in [6.07, 6.45) is 0. The summed E-state index contributed by atoms with van der Waals surface area (Å²) < 4.78 is 31.1. The predicted octanol–water partition coefficient (Wildman–Crippen LogP) is 1.61. The largest absolute Gasteiger partial charge is 0.389 e. The molecule has 0 amide bonds. The quantitative estimate of drug-likeness (QED) is 0.387. The molecule has 1 aliphatic rings. The number of nitrogens with two attached hydrogens (primary N) is 1. The lowest BCUT2D eigenvalue weighted by Gasteiger charge is -2.26. The molecule has 0 unspecified atom stereocenters. The van der Waals surface area contributed by atoms with E-state index in [-0.39, 0.29) is 17.3 Å². The molecule has 8 nitrogen and oxygen atoms in total. The van der Waals surface area contributed by atoms with Crippen molar-refractivity contribution in [2.45, 2.75) is 18.0 Å². The lowest BCUT2D eigenvalue weighted by atomic mass is 10.1. The molecule has 0 spiro atoms. The van der Waals surface area contributed by atoms with Gasteiger partial charge in [0, 0.05) is 39.3 Å². The monoisotopic (exact) mass is 432 g/mol. The second-order valence-electron chi connectivity index (χ2n) is 7.27. The van der Waals surface area contributed by atoms with Crippen molar-refractivity contribution >= 4 is 15.9 Å². The molecule has 30 heavy (non-hydrogen) atoms. The Morgan fingerprint density at radius 2 is 1.83 bits per heavy atom. The van der Waals surface area contributed by atoms with E-state index in [2.05, 4.69) is 16.1 Å². The first-order valence-electron chi connectivity index (χ1n) is 9.72. The van der Waals surface area contributed by atoms with Gasteiger partial charge in [0.1, 0.15) is 6.61 Å². The third kappa shape index (κ3) is 5.79. The maximum absolute atomic E-state index is 12.3. The van der Waals surface area contributed by atoms with Gasteiger partial charge in [0.25, 0.3) is 0 Å². The molecule has 2 aromatic rings. The van der Waals surface area contributed by atoms with Gasteiger partial charge in [-0.3, -0.25) is 4.90 Å². The maximum Gasteiger partial charge on any atom is 0.242 e. The van der Waals surface area contributed by atoms with Gasteiger partial charge in [-0.05, 0) is 29.3 Å². The molecule has 0 atom stereocenters. The standard InChI is InChI=1S/C21H28N4O4S/c1-24(2)30(26,27)20-8-4-6-18(14-20)16-29-23-21(22)19-7-3-5-17(13-19)15-25-9-11-28-12-10-25/h3-8,13-14H,9-12,15-16H2,1-2H3,(H2,22,23). The molecule has 1 saturated heterocycles. The molecule has 9 heteroatoms. The Labute approximate surface area is 177 Å².